The summed E-state index contributed by atoms with van der Waals surface area (Å²) in [5, 5.41) is 15.2. The number of hydrogen-bond donors (Lipinski definition) is 1. The molecule has 3 rings (SSSR count). The zero-order valence-electron chi connectivity index (χ0n) is 17.8. The molecule has 1 aromatic carbocycles. The van der Waals surface area contributed by atoms with Crippen molar-refractivity contribution in [3.63, 3.8) is 0 Å². The Morgan fingerprint density at radius 3 is 2.47 bits per heavy atom. The summed E-state index contributed by atoms with van der Waals surface area (Å²) in [5.74, 6) is 0.886. The van der Waals surface area contributed by atoms with E-state index in [1.54, 1.807) is 22.8 Å². The molecular weight excluding hydrogens is 444 g/mol. The van der Waals surface area contributed by atoms with Crippen LogP contribution in [0.2, 0.25) is 5.02 Å². The Morgan fingerprint density at radius 1 is 1.19 bits per heavy atom. The predicted octanol–water partition coefficient (Wildman–Crippen LogP) is 3.08. The summed E-state index contributed by atoms with van der Waals surface area (Å²) in [7, 11) is 2.92. The predicted molar refractivity (Wildman–Crippen MR) is 117 cm³/mol. The largest absolute Gasteiger partial charge is 0.495 e. The van der Waals surface area contributed by atoms with Crippen LogP contribution in [0.1, 0.15) is 6.92 Å². The maximum atomic E-state index is 12.0. The van der Waals surface area contributed by atoms with Gasteiger partial charge in [-0.1, -0.05) is 11.6 Å². The van der Waals surface area contributed by atoms with Gasteiger partial charge in [0.1, 0.15) is 17.8 Å². The van der Waals surface area contributed by atoms with Gasteiger partial charge in [-0.3, -0.25) is 10.1 Å². The normalized spacial score (nSPS) is 13.5. The second-order valence-corrected chi connectivity index (χ2v) is 7.04. The second-order valence-electron chi connectivity index (χ2n) is 6.64. The fourth-order valence-corrected chi connectivity index (χ4v) is 3.50. The number of nitrogens with one attached hydrogen (secondary N) is 1. The number of rotatable bonds is 7. The summed E-state index contributed by atoms with van der Waals surface area (Å²) in [6.07, 6.45) is 0.829. The van der Waals surface area contributed by atoms with Crippen LogP contribution in [0.4, 0.5) is 27.8 Å². The third-order valence-electron chi connectivity index (χ3n) is 4.82. The van der Waals surface area contributed by atoms with Gasteiger partial charge in [0, 0.05) is 32.2 Å². The molecule has 0 radical (unpaired) electrons. The molecule has 172 valence electrons. The van der Waals surface area contributed by atoms with Crippen LogP contribution in [0.15, 0.2) is 18.5 Å². The molecule has 0 aliphatic carbocycles. The Morgan fingerprint density at radius 2 is 1.88 bits per heavy atom. The minimum atomic E-state index is -0.549. The Balaban J connectivity index is 1.89. The molecule has 0 spiro atoms. The van der Waals surface area contributed by atoms with Gasteiger partial charge < -0.3 is 29.3 Å². The van der Waals surface area contributed by atoms with E-state index >= 15 is 0 Å². The summed E-state index contributed by atoms with van der Waals surface area (Å²) in [5.41, 5.74) is 0.0734. The Labute approximate surface area is 189 Å². The highest BCUT2D eigenvalue weighted by atomic mass is 35.5. The fraction of sp³-hybridized carbons (Fsp3) is 0.421. The van der Waals surface area contributed by atoms with Crippen LogP contribution >= 0.6 is 11.6 Å². The maximum Gasteiger partial charge on any atom is 0.409 e. The number of nitrogens with zero attached hydrogens (tertiary/aromatic N) is 5. The van der Waals surface area contributed by atoms with Crippen molar-refractivity contribution in [1.29, 1.82) is 0 Å². The molecular formula is C19H23ClN6O6. The van der Waals surface area contributed by atoms with Gasteiger partial charge in [0.05, 0.1) is 36.5 Å². The van der Waals surface area contributed by atoms with Crippen molar-refractivity contribution in [1.82, 2.24) is 14.9 Å². The van der Waals surface area contributed by atoms with Crippen LogP contribution < -0.4 is 19.7 Å². The van der Waals surface area contributed by atoms with Crippen molar-refractivity contribution in [3.8, 4) is 11.5 Å². The number of carbonyl (C=O) groups is 1. The Bertz CT molecular complexity index is 999. The van der Waals surface area contributed by atoms with E-state index in [0.29, 0.717) is 48.4 Å². The van der Waals surface area contributed by atoms with E-state index in [4.69, 9.17) is 25.8 Å². The number of halogens is 1. The van der Waals surface area contributed by atoms with Crippen LogP contribution in [-0.2, 0) is 4.74 Å². The lowest BCUT2D eigenvalue weighted by Crippen LogP contribution is -2.49. The van der Waals surface area contributed by atoms with Gasteiger partial charge in [-0.25, -0.2) is 14.8 Å². The zero-order valence-corrected chi connectivity index (χ0v) is 18.6. The Hall–Kier alpha value is -3.54. The van der Waals surface area contributed by atoms with E-state index in [0.717, 1.165) is 0 Å². The standard InChI is InChI=1S/C19H23ClN6O6/c1-4-32-19(27)25-7-5-24(6-8-25)18-16(26(28)29)17(21-11-22-18)23-13-9-12(20)14(30-2)10-15(13)31-3/h9-11H,4-8H2,1-3H3,(H,21,22,23). The van der Waals surface area contributed by atoms with Gasteiger partial charge >= 0.3 is 11.8 Å². The number of nitro groups is 1. The molecule has 1 fully saturated rings. The molecule has 1 saturated heterocycles. The number of benzene rings is 1. The summed E-state index contributed by atoms with van der Waals surface area (Å²) in [4.78, 5) is 34.8. The summed E-state index contributed by atoms with van der Waals surface area (Å²) in [6, 6.07) is 3.09. The molecule has 1 amide bonds. The molecule has 1 aromatic heterocycles. The van der Waals surface area contributed by atoms with Crippen molar-refractivity contribution in [2.24, 2.45) is 0 Å². The van der Waals surface area contributed by atoms with Crippen molar-refractivity contribution in [2.75, 3.05) is 57.2 Å². The van der Waals surface area contributed by atoms with Gasteiger partial charge in [0.2, 0.25) is 11.6 Å². The van der Waals surface area contributed by atoms with Crippen molar-refractivity contribution >= 4 is 40.7 Å². The van der Waals surface area contributed by atoms with Gasteiger partial charge in [0.15, 0.2) is 0 Å². The lowest BCUT2D eigenvalue weighted by molar-refractivity contribution is -0.383. The molecule has 13 heteroatoms. The molecule has 0 atom stereocenters. The quantitative estimate of drug-likeness (QED) is 0.479. The second kappa shape index (κ2) is 10.2. The smallest absolute Gasteiger partial charge is 0.409 e. The number of methoxy groups -OCH3 is 2. The van der Waals surface area contributed by atoms with Gasteiger partial charge in [-0.15, -0.1) is 0 Å². The van der Waals surface area contributed by atoms with E-state index < -0.39 is 11.0 Å². The molecule has 1 N–H and O–H groups in total. The zero-order chi connectivity index (χ0) is 23.3. The Kier molecular flexibility index (Phi) is 7.36. The van der Waals surface area contributed by atoms with Crippen molar-refractivity contribution < 1.29 is 23.9 Å². The fourth-order valence-electron chi connectivity index (χ4n) is 3.26. The monoisotopic (exact) mass is 466 g/mol. The average Bonchev–Trinajstić information content (AvgIpc) is 2.79. The molecule has 32 heavy (non-hydrogen) atoms. The number of aromatic nitrogens is 2. The van der Waals surface area contributed by atoms with Crippen LogP contribution in [0.25, 0.3) is 0 Å². The van der Waals surface area contributed by atoms with E-state index in [2.05, 4.69) is 15.3 Å². The highest BCUT2D eigenvalue weighted by Gasteiger charge is 2.31. The number of hydrogen-bond acceptors (Lipinski definition) is 10. The number of anilines is 3. The number of piperazine rings is 1. The van der Waals surface area contributed by atoms with Gasteiger partial charge in [-0.2, -0.15) is 0 Å². The highest BCUT2D eigenvalue weighted by molar-refractivity contribution is 6.32. The molecule has 2 heterocycles. The van der Waals surface area contributed by atoms with E-state index in [9.17, 15) is 14.9 Å². The first-order chi connectivity index (χ1) is 15.4. The molecule has 1 aliphatic heterocycles. The molecule has 1 aliphatic rings. The first kappa shape index (κ1) is 23.1. The summed E-state index contributed by atoms with van der Waals surface area (Å²) in [6.45, 7) is 3.43. The molecule has 0 unspecified atom stereocenters. The average molecular weight is 467 g/mol. The number of amides is 1. The van der Waals surface area contributed by atoms with E-state index in [1.165, 1.54) is 26.6 Å². The lowest BCUT2D eigenvalue weighted by Gasteiger charge is -2.34. The van der Waals surface area contributed by atoms with Crippen molar-refractivity contribution in [2.45, 2.75) is 6.92 Å². The van der Waals surface area contributed by atoms with Crippen LogP contribution in [-0.4, -0.2) is 72.9 Å². The first-order valence-corrected chi connectivity index (χ1v) is 10.1. The minimum Gasteiger partial charge on any atom is -0.495 e. The topological polar surface area (TPSA) is 132 Å². The van der Waals surface area contributed by atoms with Crippen LogP contribution in [0, 0.1) is 10.1 Å². The van der Waals surface area contributed by atoms with Gasteiger partial charge in [-0.05, 0) is 13.0 Å². The third kappa shape index (κ3) is 4.85. The molecule has 0 bridgehead atoms. The first-order valence-electron chi connectivity index (χ1n) is 9.74. The molecule has 2 aromatic rings. The summed E-state index contributed by atoms with van der Waals surface area (Å²) >= 11 is 6.20. The maximum absolute atomic E-state index is 12.0. The lowest BCUT2D eigenvalue weighted by atomic mass is 10.2. The number of ether oxygens (including phenoxy) is 3. The van der Waals surface area contributed by atoms with Crippen molar-refractivity contribution in [3.05, 3.63) is 33.6 Å². The van der Waals surface area contributed by atoms with Gasteiger partial charge in [0.25, 0.3) is 0 Å². The SMILES string of the molecule is CCOC(=O)N1CCN(c2ncnc(Nc3cc(Cl)c(OC)cc3OC)c2[N+](=O)[O-])CC1. The molecule has 12 nitrogen and oxygen atoms in total. The van der Waals surface area contributed by atoms with Crippen LogP contribution in [0.5, 0.6) is 11.5 Å². The van der Waals surface area contributed by atoms with Crippen LogP contribution in [0.3, 0.4) is 0 Å². The third-order valence-corrected chi connectivity index (χ3v) is 5.11. The van der Waals surface area contributed by atoms with E-state index in [1.807, 2.05) is 0 Å². The minimum absolute atomic E-state index is 0.0210. The number of carbonyl (C=O) groups excluding carboxylic acids is 1. The molecule has 0 saturated carbocycles. The summed E-state index contributed by atoms with van der Waals surface area (Å²) < 4.78 is 15.5. The van der Waals surface area contributed by atoms with E-state index in [-0.39, 0.29) is 23.9 Å². The highest BCUT2D eigenvalue weighted by Crippen LogP contribution is 2.40.